The molecule has 0 saturated heterocycles. The van der Waals surface area contributed by atoms with Crippen molar-refractivity contribution in [2.24, 2.45) is 5.10 Å². The summed E-state index contributed by atoms with van der Waals surface area (Å²) in [5.41, 5.74) is 5.00. The van der Waals surface area contributed by atoms with E-state index in [4.69, 9.17) is 0 Å². The summed E-state index contributed by atoms with van der Waals surface area (Å²) in [6.07, 6.45) is 0. The molecule has 1 unspecified atom stereocenters. The Hall–Kier alpha value is -2.27. The lowest BCUT2D eigenvalue weighted by Gasteiger charge is -2.02. The van der Waals surface area contributed by atoms with E-state index in [-0.39, 0.29) is 17.6 Å². The number of carbonyl (C=O) groups excluding carboxylic acids is 2. The summed E-state index contributed by atoms with van der Waals surface area (Å²) in [6, 6.07) is 14.4. The van der Waals surface area contributed by atoms with E-state index < -0.39 is 0 Å². The lowest BCUT2D eigenvalue weighted by atomic mass is 10.0. The molecule has 0 aliphatic heterocycles. The first-order valence-electron chi connectivity index (χ1n) is 6.85. The number of hydrazone groups is 1. The molecule has 3 rings (SSSR count). The Bertz CT molecular complexity index is 782. The summed E-state index contributed by atoms with van der Waals surface area (Å²) in [5, 5.41) is 4.05. The summed E-state index contributed by atoms with van der Waals surface area (Å²) >= 11 is 3.32. The van der Waals surface area contributed by atoms with Crippen molar-refractivity contribution in [1.82, 2.24) is 5.43 Å². The van der Waals surface area contributed by atoms with Crippen molar-refractivity contribution in [3.63, 3.8) is 0 Å². The van der Waals surface area contributed by atoms with Crippen molar-refractivity contribution in [1.29, 1.82) is 0 Å². The van der Waals surface area contributed by atoms with E-state index in [2.05, 4.69) is 26.5 Å². The third-order valence-electron chi connectivity index (χ3n) is 3.68. The van der Waals surface area contributed by atoms with E-state index >= 15 is 0 Å². The first-order valence-corrected chi connectivity index (χ1v) is 7.64. The Morgan fingerprint density at radius 1 is 1.14 bits per heavy atom. The van der Waals surface area contributed by atoms with Crippen molar-refractivity contribution in [2.45, 2.75) is 12.8 Å². The molecule has 0 saturated carbocycles. The number of hydrogen-bond donors (Lipinski definition) is 1. The van der Waals surface area contributed by atoms with Crippen LogP contribution in [0.25, 0.3) is 0 Å². The molecule has 0 bridgehead atoms. The van der Waals surface area contributed by atoms with Crippen LogP contribution in [0.5, 0.6) is 0 Å². The highest BCUT2D eigenvalue weighted by Crippen LogP contribution is 2.29. The molecule has 0 spiro atoms. The van der Waals surface area contributed by atoms with Crippen LogP contribution >= 0.6 is 15.9 Å². The summed E-state index contributed by atoms with van der Waals surface area (Å²) in [6.45, 7) is 1.85. The minimum atomic E-state index is -0.343. The number of carbonyl (C=O) groups is 2. The van der Waals surface area contributed by atoms with Crippen LogP contribution < -0.4 is 5.43 Å². The van der Waals surface area contributed by atoms with Crippen LogP contribution in [0.1, 0.15) is 34.3 Å². The molecule has 1 N–H and O–H groups in total. The average Bonchev–Trinajstić information content (AvgIpc) is 2.78. The molecule has 1 amide bonds. The van der Waals surface area contributed by atoms with Crippen molar-refractivity contribution < 1.29 is 9.59 Å². The zero-order valence-electron chi connectivity index (χ0n) is 11.8. The van der Waals surface area contributed by atoms with Gasteiger partial charge in [0.1, 0.15) is 5.71 Å². The Labute approximate surface area is 136 Å². The van der Waals surface area contributed by atoms with E-state index in [1.54, 1.807) is 24.3 Å². The van der Waals surface area contributed by atoms with Gasteiger partial charge in [-0.2, -0.15) is 5.10 Å². The number of amides is 1. The molecule has 1 atom stereocenters. The maximum Gasteiger partial charge on any atom is 0.271 e. The molecule has 0 aromatic heterocycles. The highest BCUT2D eigenvalue weighted by atomic mass is 79.9. The summed E-state index contributed by atoms with van der Waals surface area (Å²) in [4.78, 5) is 24.3. The van der Waals surface area contributed by atoms with Crippen molar-refractivity contribution in [2.75, 3.05) is 0 Å². The summed E-state index contributed by atoms with van der Waals surface area (Å²) in [5.74, 6) is -0.637. The Morgan fingerprint density at radius 3 is 2.55 bits per heavy atom. The molecule has 1 aliphatic rings. The standard InChI is InChI=1S/C17H13BrN2O2/c1-10-13-4-2-3-5-14(13)15(16(10)21)19-20-17(22)11-6-8-12(18)9-7-11/h2-10H,1H3,(H,20,22)/b19-15-. The monoisotopic (exact) mass is 356 g/mol. The first-order chi connectivity index (χ1) is 10.6. The summed E-state index contributed by atoms with van der Waals surface area (Å²) in [7, 11) is 0. The van der Waals surface area contributed by atoms with Crippen LogP contribution in [0.2, 0.25) is 0 Å². The maximum atomic E-state index is 12.3. The van der Waals surface area contributed by atoms with Crippen molar-refractivity contribution >= 4 is 33.3 Å². The molecule has 1 aliphatic carbocycles. The van der Waals surface area contributed by atoms with E-state index in [1.807, 2.05) is 31.2 Å². The molecule has 5 heteroatoms. The first kappa shape index (κ1) is 14.7. The van der Waals surface area contributed by atoms with E-state index in [1.165, 1.54) is 0 Å². The molecule has 4 nitrogen and oxygen atoms in total. The normalized spacial score (nSPS) is 18.4. The SMILES string of the molecule is CC1C(=O)/C(=N\NC(=O)c2ccc(Br)cc2)c2ccccc21. The van der Waals surface area contributed by atoms with Gasteiger partial charge < -0.3 is 0 Å². The molecule has 2 aromatic rings. The lowest BCUT2D eigenvalue weighted by Crippen LogP contribution is -2.22. The number of ketones is 1. The van der Waals surface area contributed by atoms with Gasteiger partial charge in [-0.3, -0.25) is 9.59 Å². The molecule has 22 heavy (non-hydrogen) atoms. The zero-order valence-corrected chi connectivity index (χ0v) is 13.4. The molecular weight excluding hydrogens is 344 g/mol. The second-order valence-electron chi connectivity index (χ2n) is 5.08. The average molecular weight is 357 g/mol. The Morgan fingerprint density at radius 2 is 1.82 bits per heavy atom. The van der Waals surface area contributed by atoms with Gasteiger partial charge in [0.25, 0.3) is 5.91 Å². The molecular formula is C17H13BrN2O2. The van der Waals surface area contributed by atoms with Crippen LogP contribution in [0.3, 0.4) is 0 Å². The van der Waals surface area contributed by atoms with Gasteiger partial charge in [0.15, 0.2) is 5.78 Å². The van der Waals surface area contributed by atoms with Gasteiger partial charge in [0, 0.05) is 21.5 Å². The predicted molar refractivity (Wildman–Crippen MR) is 88.0 cm³/mol. The third-order valence-corrected chi connectivity index (χ3v) is 4.21. The predicted octanol–water partition coefficient (Wildman–Crippen LogP) is 3.27. The minimum Gasteiger partial charge on any atom is -0.292 e. The van der Waals surface area contributed by atoms with Crippen LogP contribution in [-0.2, 0) is 4.79 Å². The Balaban J connectivity index is 1.85. The highest BCUT2D eigenvalue weighted by Gasteiger charge is 2.33. The van der Waals surface area contributed by atoms with Crippen molar-refractivity contribution in [3.8, 4) is 0 Å². The number of rotatable bonds is 2. The van der Waals surface area contributed by atoms with E-state index in [0.717, 1.165) is 15.6 Å². The maximum absolute atomic E-state index is 12.3. The van der Waals surface area contributed by atoms with Crippen LogP contribution in [-0.4, -0.2) is 17.4 Å². The quantitative estimate of drug-likeness (QED) is 0.839. The fraction of sp³-hybridized carbons (Fsp3) is 0.118. The molecule has 2 aromatic carbocycles. The van der Waals surface area contributed by atoms with Gasteiger partial charge in [-0.1, -0.05) is 47.1 Å². The lowest BCUT2D eigenvalue weighted by molar-refractivity contribution is -0.113. The largest absolute Gasteiger partial charge is 0.292 e. The number of nitrogens with zero attached hydrogens (tertiary/aromatic N) is 1. The second-order valence-corrected chi connectivity index (χ2v) is 6.00. The topological polar surface area (TPSA) is 58.5 Å². The third kappa shape index (κ3) is 2.60. The fourth-order valence-corrected chi connectivity index (χ4v) is 2.72. The van der Waals surface area contributed by atoms with Gasteiger partial charge in [0.2, 0.25) is 0 Å². The number of hydrogen-bond acceptors (Lipinski definition) is 3. The molecule has 110 valence electrons. The number of Topliss-reactive ketones (excluding diaryl/α,β-unsaturated/α-hetero) is 1. The zero-order chi connectivity index (χ0) is 15.7. The van der Waals surface area contributed by atoms with Crippen molar-refractivity contribution in [3.05, 3.63) is 69.7 Å². The van der Waals surface area contributed by atoms with Gasteiger partial charge in [-0.15, -0.1) is 0 Å². The number of benzene rings is 2. The van der Waals surface area contributed by atoms with E-state index in [9.17, 15) is 9.59 Å². The molecule has 0 heterocycles. The van der Waals surface area contributed by atoms with Gasteiger partial charge >= 0.3 is 0 Å². The number of fused-ring (bicyclic) bond motifs is 1. The van der Waals surface area contributed by atoms with Crippen LogP contribution in [0.15, 0.2) is 58.1 Å². The Kier molecular flexibility index (Phi) is 3.90. The van der Waals surface area contributed by atoms with Crippen LogP contribution in [0, 0.1) is 0 Å². The fourth-order valence-electron chi connectivity index (χ4n) is 2.46. The molecule has 0 radical (unpaired) electrons. The van der Waals surface area contributed by atoms with Crippen LogP contribution in [0.4, 0.5) is 0 Å². The van der Waals surface area contributed by atoms with Gasteiger partial charge in [0.05, 0.1) is 0 Å². The van der Waals surface area contributed by atoms with E-state index in [0.29, 0.717) is 11.3 Å². The summed E-state index contributed by atoms with van der Waals surface area (Å²) < 4.78 is 0.893. The smallest absolute Gasteiger partial charge is 0.271 e. The minimum absolute atomic E-state index is 0.0719. The highest BCUT2D eigenvalue weighted by molar-refractivity contribution is 9.10. The molecule has 0 fully saturated rings. The van der Waals surface area contributed by atoms with Gasteiger partial charge in [-0.25, -0.2) is 5.43 Å². The second kappa shape index (κ2) is 5.85. The van der Waals surface area contributed by atoms with Gasteiger partial charge in [-0.05, 0) is 29.8 Å². The number of nitrogens with one attached hydrogen (secondary N) is 1. The number of halogens is 1.